The highest BCUT2D eigenvalue weighted by Gasteiger charge is 1.95. The predicted octanol–water partition coefficient (Wildman–Crippen LogP) is 6.93. The first-order valence-corrected chi connectivity index (χ1v) is 11.2. The second-order valence-electron chi connectivity index (χ2n) is 5.36. The van der Waals surface area contributed by atoms with Gasteiger partial charge in [-0.2, -0.15) is 0 Å². The summed E-state index contributed by atoms with van der Waals surface area (Å²) in [7, 11) is 0. The van der Waals surface area contributed by atoms with Gasteiger partial charge in [-0.05, 0) is 50.2 Å². The van der Waals surface area contributed by atoms with Gasteiger partial charge < -0.3 is 0 Å². The highest BCUT2D eigenvalue weighted by Crippen LogP contribution is 1.96. The molecule has 0 saturated heterocycles. The van der Waals surface area contributed by atoms with Gasteiger partial charge >= 0.3 is 0 Å². The topological polar surface area (TPSA) is 89.9 Å². The third-order valence-corrected chi connectivity index (χ3v) is 3.18. The van der Waals surface area contributed by atoms with E-state index in [0.717, 1.165) is 0 Å². The van der Waals surface area contributed by atoms with Crippen molar-refractivity contribution < 1.29 is 14.4 Å². The van der Waals surface area contributed by atoms with E-state index < -0.39 is 0 Å². The van der Waals surface area contributed by atoms with E-state index in [2.05, 4.69) is 15.0 Å². The van der Waals surface area contributed by atoms with Crippen molar-refractivity contribution in [2.75, 3.05) is 0 Å². The first kappa shape index (κ1) is 34.1. The van der Waals surface area contributed by atoms with E-state index in [9.17, 15) is 14.4 Å². The average Bonchev–Trinajstić information content (AvgIpc) is 2.90. The molecule has 0 unspecified atom stereocenters. The molecule has 0 radical (unpaired) electrons. The standard InChI is InChI=1S/3C7H7NO.3C2H6/c1-6(9)7-2-4-8-5-3-7;1-6(9)7-3-2-4-8-5-7;1-6(9)7-4-2-3-5-8-7;3*1-2/h3*2-5H,1H3;3*1-2H3. The molecule has 0 bridgehead atoms. The first-order chi connectivity index (χ1) is 15.9. The number of ketones is 3. The van der Waals surface area contributed by atoms with Crippen molar-refractivity contribution in [1.29, 1.82) is 0 Å². The molecule has 180 valence electrons. The van der Waals surface area contributed by atoms with Gasteiger partial charge in [0, 0.05) is 49.0 Å². The van der Waals surface area contributed by atoms with Crippen molar-refractivity contribution in [3.63, 3.8) is 0 Å². The Hall–Kier alpha value is -3.54. The molecule has 0 N–H and O–H groups in total. The molecule has 3 heterocycles. The van der Waals surface area contributed by atoms with E-state index in [-0.39, 0.29) is 17.3 Å². The van der Waals surface area contributed by atoms with Crippen LogP contribution in [-0.4, -0.2) is 32.3 Å². The number of pyridine rings is 3. The van der Waals surface area contributed by atoms with Crippen molar-refractivity contribution in [1.82, 2.24) is 15.0 Å². The van der Waals surface area contributed by atoms with E-state index in [1.165, 1.54) is 20.8 Å². The van der Waals surface area contributed by atoms with E-state index in [4.69, 9.17) is 0 Å². The number of carbonyl (C=O) groups is 3. The number of aromatic nitrogens is 3. The summed E-state index contributed by atoms with van der Waals surface area (Å²) in [6, 6.07) is 12.2. The van der Waals surface area contributed by atoms with Crippen LogP contribution in [0.25, 0.3) is 0 Å². The van der Waals surface area contributed by atoms with Gasteiger partial charge in [-0.3, -0.25) is 29.3 Å². The zero-order valence-corrected chi connectivity index (χ0v) is 21.5. The summed E-state index contributed by atoms with van der Waals surface area (Å²) >= 11 is 0. The minimum Gasteiger partial charge on any atom is -0.295 e. The lowest BCUT2D eigenvalue weighted by Crippen LogP contribution is -1.93. The van der Waals surface area contributed by atoms with Crippen molar-refractivity contribution in [3.8, 4) is 0 Å². The third-order valence-electron chi connectivity index (χ3n) is 3.18. The first-order valence-electron chi connectivity index (χ1n) is 11.2. The van der Waals surface area contributed by atoms with Gasteiger partial charge in [-0.25, -0.2) is 0 Å². The summed E-state index contributed by atoms with van der Waals surface area (Å²) in [5, 5.41) is 0. The molecule has 0 fully saturated rings. The molecular formula is C27H39N3O3. The van der Waals surface area contributed by atoms with Gasteiger partial charge in [-0.1, -0.05) is 47.6 Å². The number of rotatable bonds is 3. The van der Waals surface area contributed by atoms with Crippen molar-refractivity contribution in [2.45, 2.75) is 62.3 Å². The number of hydrogen-bond acceptors (Lipinski definition) is 6. The van der Waals surface area contributed by atoms with E-state index >= 15 is 0 Å². The minimum absolute atomic E-state index is 0.00981. The summed E-state index contributed by atoms with van der Waals surface area (Å²) < 4.78 is 0. The van der Waals surface area contributed by atoms with Crippen LogP contribution in [0.15, 0.2) is 73.4 Å². The largest absolute Gasteiger partial charge is 0.295 e. The van der Waals surface area contributed by atoms with Crippen molar-refractivity contribution >= 4 is 17.3 Å². The number of Topliss-reactive ketones (excluding diaryl/α,β-unsaturated/α-hetero) is 3. The second-order valence-corrected chi connectivity index (χ2v) is 5.36. The summed E-state index contributed by atoms with van der Waals surface area (Å²) in [6.45, 7) is 16.6. The van der Waals surface area contributed by atoms with Gasteiger partial charge in [0.15, 0.2) is 17.3 Å². The lowest BCUT2D eigenvalue weighted by molar-refractivity contribution is 0.100. The number of nitrogens with zero attached hydrogens (tertiary/aromatic N) is 3. The summed E-state index contributed by atoms with van der Waals surface area (Å²) in [5.41, 5.74) is 1.90. The van der Waals surface area contributed by atoms with E-state index in [1.54, 1.807) is 73.4 Å². The molecule has 0 aliphatic rings. The molecule has 6 heteroatoms. The quantitative estimate of drug-likeness (QED) is 0.399. The highest BCUT2D eigenvalue weighted by atomic mass is 16.1. The Morgan fingerprint density at radius 2 is 1.09 bits per heavy atom. The second kappa shape index (κ2) is 24.7. The predicted molar refractivity (Wildman–Crippen MR) is 137 cm³/mol. The van der Waals surface area contributed by atoms with Gasteiger partial charge in [0.1, 0.15) is 5.69 Å². The number of carbonyl (C=O) groups excluding carboxylic acids is 3. The Kier molecular flexibility index (Phi) is 25.5. The Bertz CT molecular complexity index is 736. The lowest BCUT2D eigenvalue weighted by Gasteiger charge is -1.88. The minimum atomic E-state index is 0.00981. The van der Waals surface area contributed by atoms with Crippen LogP contribution < -0.4 is 0 Å². The van der Waals surface area contributed by atoms with E-state index in [1.807, 2.05) is 41.5 Å². The highest BCUT2D eigenvalue weighted by molar-refractivity contribution is 5.94. The Labute approximate surface area is 199 Å². The maximum Gasteiger partial charge on any atom is 0.178 e. The van der Waals surface area contributed by atoms with Crippen molar-refractivity contribution in [2.24, 2.45) is 0 Å². The maximum absolute atomic E-state index is 10.6. The average molecular weight is 454 g/mol. The van der Waals surface area contributed by atoms with Crippen LogP contribution >= 0.6 is 0 Å². The molecular weight excluding hydrogens is 414 g/mol. The Morgan fingerprint density at radius 3 is 1.36 bits per heavy atom. The normalized spacial score (nSPS) is 7.91. The summed E-state index contributed by atoms with van der Waals surface area (Å²) in [6.07, 6.45) is 8.03. The molecule has 3 rings (SSSR count). The third kappa shape index (κ3) is 18.9. The Balaban J connectivity index is -0.000000367. The number of hydrogen-bond donors (Lipinski definition) is 0. The maximum atomic E-state index is 10.6. The zero-order valence-electron chi connectivity index (χ0n) is 21.5. The molecule has 0 saturated carbocycles. The molecule has 0 aliphatic carbocycles. The fourth-order valence-electron chi connectivity index (χ4n) is 1.73. The molecule has 0 atom stereocenters. The molecule has 0 aliphatic heterocycles. The molecule has 0 amide bonds. The van der Waals surface area contributed by atoms with Gasteiger partial charge in [-0.15, -0.1) is 0 Å². The Morgan fingerprint density at radius 1 is 0.545 bits per heavy atom. The smallest absolute Gasteiger partial charge is 0.178 e. The van der Waals surface area contributed by atoms with Crippen LogP contribution in [0.4, 0.5) is 0 Å². The fraction of sp³-hybridized carbons (Fsp3) is 0.333. The molecule has 33 heavy (non-hydrogen) atoms. The van der Waals surface area contributed by atoms with Crippen LogP contribution in [-0.2, 0) is 0 Å². The molecule has 3 aromatic rings. The van der Waals surface area contributed by atoms with Crippen molar-refractivity contribution in [3.05, 3.63) is 90.3 Å². The summed E-state index contributed by atoms with van der Waals surface area (Å²) in [5.74, 6) is 0.149. The van der Waals surface area contributed by atoms with Crippen LogP contribution in [0.5, 0.6) is 0 Å². The van der Waals surface area contributed by atoms with Gasteiger partial charge in [0.25, 0.3) is 0 Å². The molecule has 0 spiro atoms. The molecule has 3 aromatic heterocycles. The van der Waals surface area contributed by atoms with Gasteiger partial charge in [0.2, 0.25) is 0 Å². The van der Waals surface area contributed by atoms with Gasteiger partial charge in [0.05, 0.1) is 0 Å². The monoisotopic (exact) mass is 453 g/mol. The lowest BCUT2D eigenvalue weighted by atomic mass is 10.2. The van der Waals surface area contributed by atoms with Crippen LogP contribution in [0.1, 0.15) is 93.5 Å². The van der Waals surface area contributed by atoms with Crippen LogP contribution in [0, 0.1) is 0 Å². The SMILES string of the molecule is CC.CC.CC.CC(=O)c1ccccn1.CC(=O)c1cccnc1.CC(=O)c1ccncc1. The molecule has 6 nitrogen and oxygen atoms in total. The van der Waals surface area contributed by atoms with Crippen LogP contribution in [0.3, 0.4) is 0 Å². The van der Waals surface area contributed by atoms with Crippen LogP contribution in [0.2, 0.25) is 0 Å². The zero-order chi connectivity index (χ0) is 26.1. The molecule has 0 aromatic carbocycles. The van der Waals surface area contributed by atoms with E-state index in [0.29, 0.717) is 16.8 Å². The fourth-order valence-corrected chi connectivity index (χ4v) is 1.73. The summed E-state index contributed by atoms with van der Waals surface area (Å²) in [4.78, 5) is 43.2.